The van der Waals surface area contributed by atoms with Gasteiger partial charge in [-0.25, -0.2) is 4.98 Å². The molecular formula is C14H16F3N3. The molecule has 0 amide bonds. The van der Waals surface area contributed by atoms with Crippen LogP contribution < -0.4 is 10.6 Å². The minimum absolute atomic E-state index is 0.196. The van der Waals surface area contributed by atoms with Gasteiger partial charge in [0.2, 0.25) is 0 Å². The molecule has 1 aromatic heterocycles. The summed E-state index contributed by atoms with van der Waals surface area (Å²) in [7, 11) is 0. The lowest BCUT2D eigenvalue weighted by molar-refractivity contribution is -0.119. The predicted octanol–water partition coefficient (Wildman–Crippen LogP) is 3.08. The number of rotatable bonds is 4. The van der Waals surface area contributed by atoms with Crippen LogP contribution >= 0.6 is 0 Å². The molecule has 0 saturated carbocycles. The van der Waals surface area contributed by atoms with Gasteiger partial charge in [0, 0.05) is 18.5 Å². The number of hydrogen-bond acceptors (Lipinski definition) is 3. The fourth-order valence-corrected chi connectivity index (χ4v) is 2.13. The van der Waals surface area contributed by atoms with Gasteiger partial charge in [-0.05, 0) is 18.4 Å². The second-order valence-electron chi connectivity index (χ2n) is 4.49. The number of alkyl halides is 3. The van der Waals surface area contributed by atoms with Crippen LogP contribution in [0.3, 0.4) is 0 Å². The van der Waals surface area contributed by atoms with Crippen LogP contribution in [0.25, 0.3) is 10.8 Å². The lowest BCUT2D eigenvalue weighted by Crippen LogP contribution is -2.35. The summed E-state index contributed by atoms with van der Waals surface area (Å²) in [6.07, 6.45) is -4.27. The fourth-order valence-electron chi connectivity index (χ4n) is 2.13. The normalized spacial score (nSPS) is 11.8. The summed E-state index contributed by atoms with van der Waals surface area (Å²) in [6.45, 7) is 1.08. The van der Waals surface area contributed by atoms with Gasteiger partial charge in [0.05, 0.1) is 5.69 Å². The molecular weight excluding hydrogens is 267 g/mol. The molecule has 2 rings (SSSR count). The SMILES string of the molecule is CCN(CC(F)(F)F)c1nc(CN)cc2ccccc12. The van der Waals surface area contributed by atoms with E-state index >= 15 is 0 Å². The van der Waals surface area contributed by atoms with Crippen molar-refractivity contribution in [3.05, 3.63) is 36.0 Å². The van der Waals surface area contributed by atoms with E-state index in [0.29, 0.717) is 16.9 Å². The summed E-state index contributed by atoms with van der Waals surface area (Å²) >= 11 is 0. The molecule has 0 aliphatic heterocycles. The molecule has 1 aromatic carbocycles. The van der Waals surface area contributed by atoms with Crippen molar-refractivity contribution < 1.29 is 13.2 Å². The van der Waals surface area contributed by atoms with Crippen LogP contribution in [-0.2, 0) is 6.54 Å². The maximum Gasteiger partial charge on any atom is 0.405 e. The Morgan fingerprint density at radius 3 is 2.55 bits per heavy atom. The van der Waals surface area contributed by atoms with E-state index in [1.54, 1.807) is 25.1 Å². The molecule has 0 fully saturated rings. The van der Waals surface area contributed by atoms with Gasteiger partial charge in [0.15, 0.2) is 0 Å². The summed E-state index contributed by atoms with van der Waals surface area (Å²) in [5, 5.41) is 1.55. The molecule has 108 valence electrons. The molecule has 20 heavy (non-hydrogen) atoms. The van der Waals surface area contributed by atoms with E-state index in [2.05, 4.69) is 4.98 Å². The van der Waals surface area contributed by atoms with Crippen molar-refractivity contribution in [3.8, 4) is 0 Å². The number of pyridine rings is 1. The van der Waals surface area contributed by atoms with Gasteiger partial charge in [-0.1, -0.05) is 24.3 Å². The first-order chi connectivity index (χ1) is 9.44. The third-order valence-corrected chi connectivity index (χ3v) is 3.03. The Labute approximate surface area is 115 Å². The van der Waals surface area contributed by atoms with Crippen LogP contribution in [0.5, 0.6) is 0 Å². The van der Waals surface area contributed by atoms with E-state index in [-0.39, 0.29) is 13.1 Å². The van der Waals surface area contributed by atoms with E-state index < -0.39 is 12.7 Å². The summed E-state index contributed by atoms with van der Waals surface area (Å²) < 4.78 is 38.0. The number of halogens is 3. The van der Waals surface area contributed by atoms with Crippen molar-refractivity contribution in [3.63, 3.8) is 0 Å². The Bertz CT molecular complexity index is 596. The van der Waals surface area contributed by atoms with Crippen LogP contribution in [0.15, 0.2) is 30.3 Å². The topological polar surface area (TPSA) is 42.2 Å². The number of aromatic nitrogens is 1. The zero-order valence-corrected chi connectivity index (χ0v) is 11.1. The predicted molar refractivity (Wildman–Crippen MR) is 73.6 cm³/mol. The van der Waals surface area contributed by atoms with Gasteiger partial charge in [-0.2, -0.15) is 13.2 Å². The van der Waals surface area contributed by atoms with E-state index in [9.17, 15) is 13.2 Å². The average Bonchev–Trinajstić information content (AvgIpc) is 2.42. The summed E-state index contributed by atoms with van der Waals surface area (Å²) in [5.74, 6) is 0.336. The van der Waals surface area contributed by atoms with Crippen molar-refractivity contribution in [1.29, 1.82) is 0 Å². The molecule has 1 heterocycles. The van der Waals surface area contributed by atoms with Crippen molar-refractivity contribution in [2.45, 2.75) is 19.6 Å². The quantitative estimate of drug-likeness (QED) is 0.937. The summed E-state index contributed by atoms with van der Waals surface area (Å²) in [4.78, 5) is 5.50. The van der Waals surface area contributed by atoms with Gasteiger partial charge in [0.1, 0.15) is 12.4 Å². The third-order valence-electron chi connectivity index (χ3n) is 3.03. The summed E-state index contributed by atoms with van der Waals surface area (Å²) in [5.41, 5.74) is 6.16. The van der Waals surface area contributed by atoms with E-state index in [4.69, 9.17) is 5.73 Å². The first-order valence-corrected chi connectivity index (χ1v) is 6.35. The van der Waals surface area contributed by atoms with Crippen LogP contribution in [0, 0.1) is 0 Å². The van der Waals surface area contributed by atoms with E-state index in [1.165, 1.54) is 4.90 Å². The molecule has 0 aliphatic carbocycles. The molecule has 0 atom stereocenters. The van der Waals surface area contributed by atoms with Gasteiger partial charge in [-0.3, -0.25) is 0 Å². The second-order valence-corrected chi connectivity index (χ2v) is 4.49. The highest BCUT2D eigenvalue weighted by Gasteiger charge is 2.31. The Morgan fingerprint density at radius 2 is 1.95 bits per heavy atom. The highest BCUT2D eigenvalue weighted by molar-refractivity contribution is 5.92. The van der Waals surface area contributed by atoms with Gasteiger partial charge in [0.25, 0.3) is 0 Å². The number of benzene rings is 1. The standard InChI is InChI=1S/C14H16F3N3/c1-2-20(9-14(15,16)17)13-12-6-4-3-5-10(12)7-11(8-18)19-13/h3-7H,2,8-9,18H2,1H3. The number of nitrogens with two attached hydrogens (primary N) is 1. The lowest BCUT2D eigenvalue weighted by Gasteiger charge is -2.25. The molecule has 0 aliphatic rings. The maximum atomic E-state index is 12.7. The number of hydrogen-bond donors (Lipinski definition) is 1. The van der Waals surface area contributed by atoms with Crippen LogP contribution in [0.1, 0.15) is 12.6 Å². The minimum Gasteiger partial charge on any atom is -0.347 e. The van der Waals surface area contributed by atoms with Crippen molar-refractivity contribution in [2.24, 2.45) is 5.73 Å². The molecule has 2 aromatic rings. The Balaban J connectivity index is 2.55. The number of anilines is 1. The minimum atomic E-state index is -4.27. The molecule has 0 radical (unpaired) electrons. The highest BCUT2D eigenvalue weighted by Crippen LogP contribution is 2.28. The zero-order chi connectivity index (χ0) is 14.8. The van der Waals surface area contributed by atoms with Gasteiger partial charge >= 0.3 is 6.18 Å². The number of nitrogens with zero attached hydrogens (tertiary/aromatic N) is 2. The fraction of sp³-hybridized carbons (Fsp3) is 0.357. The average molecular weight is 283 g/mol. The molecule has 0 saturated heterocycles. The van der Waals surface area contributed by atoms with Gasteiger partial charge in [-0.15, -0.1) is 0 Å². The zero-order valence-electron chi connectivity index (χ0n) is 11.1. The third kappa shape index (κ3) is 3.19. The highest BCUT2D eigenvalue weighted by atomic mass is 19.4. The van der Waals surface area contributed by atoms with Crippen molar-refractivity contribution >= 4 is 16.6 Å². The van der Waals surface area contributed by atoms with Crippen LogP contribution in [0.2, 0.25) is 0 Å². The number of fused-ring (bicyclic) bond motifs is 1. The first-order valence-electron chi connectivity index (χ1n) is 6.35. The van der Waals surface area contributed by atoms with E-state index in [0.717, 1.165) is 5.39 Å². The molecule has 0 unspecified atom stereocenters. The lowest BCUT2D eigenvalue weighted by atomic mass is 10.1. The Kier molecular flexibility index (Phi) is 4.13. The summed E-state index contributed by atoms with van der Waals surface area (Å²) in [6, 6.07) is 9.06. The second kappa shape index (κ2) is 5.66. The smallest absolute Gasteiger partial charge is 0.347 e. The monoisotopic (exact) mass is 283 g/mol. The Morgan fingerprint density at radius 1 is 1.25 bits per heavy atom. The van der Waals surface area contributed by atoms with Crippen LogP contribution in [0.4, 0.5) is 19.0 Å². The largest absolute Gasteiger partial charge is 0.405 e. The van der Waals surface area contributed by atoms with Gasteiger partial charge < -0.3 is 10.6 Å². The van der Waals surface area contributed by atoms with E-state index in [1.807, 2.05) is 12.1 Å². The molecule has 6 heteroatoms. The maximum absolute atomic E-state index is 12.7. The van der Waals surface area contributed by atoms with Crippen molar-refractivity contribution in [2.75, 3.05) is 18.0 Å². The molecule has 0 spiro atoms. The first kappa shape index (κ1) is 14.6. The van der Waals surface area contributed by atoms with Crippen molar-refractivity contribution in [1.82, 2.24) is 4.98 Å². The molecule has 2 N–H and O–H groups in total. The molecule has 3 nitrogen and oxygen atoms in total. The van der Waals surface area contributed by atoms with Crippen LogP contribution in [-0.4, -0.2) is 24.2 Å². The molecule has 0 bridgehead atoms. The Hall–Kier alpha value is -1.82.